The van der Waals surface area contributed by atoms with E-state index in [-0.39, 0.29) is 11.3 Å². The van der Waals surface area contributed by atoms with Crippen molar-refractivity contribution in [3.63, 3.8) is 0 Å². The summed E-state index contributed by atoms with van der Waals surface area (Å²) in [6.07, 6.45) is 3.20. The maximum Gasteiger partial charge on any atom is 0.290 e. The number of ketones is 1. The second-order valence-electron chi connectivity index (χ2n) is 7.22. The molecule has 1 aliphatic rings. The summed E-state index contributed by atoms with van der Waals surface area (Å²) in [4.78, 5) is 33.6. The van der Waals surface area contributed by atoms with Crippen molar-refractivity contribution in [1.82, 2.24) is 14.8 Å². The lowest BCUT2D eigenvalue weighted by Gasteiger charge is -2.27. The van der Waals surface area contributed by atoms with Gasteiger partial charge in [0.1, 0.15) is 5.58 Å². The maximum absolute atomic E-state index is 13.3. The Hall–Kier alpha value is -3.45. The summed E-state index contributed by atoms with van der Waals surface area (Å²) in [6, 6.07) is 11.7. The topological polar surface area (TPSA) is 86.9 Å². The number of amides is 1. The van der Waals surface area contributed by atoms with Crippen molar-refractivity contribution in [2.75, 3.05) is 27.2 Å². The van der Waals surface area contributed by atoms with E-state index in [0.717, 1.165) is 5.39 Å². The van der Waals surface area contributed by atoms with E-state index in [1.807, 2.05) is 37.2 Å². The molecule has 3 aromatic rings. The van der Waals surface area contributed by atoms with Crippen LogP contribution in [0.4, 0.5) is 0 Å². The fraction of sp³-hybridized carbons (Fsp3) is 0.227. The van der Waals surface area contributed by atoms with Gasteiger partial charge in [-0.2, -0.15) is 0 Å². The van der Waals surface area contributed by atoms with E-state index in [9.17, 15) is 14.7 Å². The molecule has 0 aliphatic carbocycles. The average Bonchev–Trinajstić information content (AvgIpc) is 3.26. The van der Waals surface area contributed by atoms with Crippen molar-refractivity contribution in [2.24, 2.45) is 0 Å². The van der Waals surface area contributed by atoms with Crippen LogP contribution in [0.15, 0.2) is 70.6 Å². The van der Waals surface area contributed by atoms with Gasteiger partial charge in [-0.3, -0.25) is 14.6 Å². The highest BCUT2D eigenvalue weighted by Crippen LogP contribution is 2.39. The van der Waals surface area contributed by atoms with Crippen LogP contribution in [-0.2, 0) is 4.79 Å². The van der Waals surface area contributed by atoms with E-state index < -0.39 is 23.5 Å². The van der Waals surface area contributed by atoms with Crippen molar-refractivity contribution in [3.8, 4) is 0 Å². The number of benzene rings is 1. The quantitative estimate of drug-likeness (QED) is 0.650. The highest BCUT2D eigenvalue weighted by Gasteiger charge is 2.44. The Morgan fingerprint density at radius 3 is 2.62 bits per heavy atom. The van der Waals surface area contributed by atoms with Crippen molar-refractivity contribution in [2.45, 2.75) is 6.04 Å². The van der Waals surface area contributed by atoms with Gasteiger partial charge in [0.25, 0.3) is 5.91 Å². The molecule has 0 bridgehead atoms. The molecule has 2 aromatic heterocycles. The largest absolute Gasteiger partial charge is 0.503 e. The van der Waals surface area contributed by atoms with Gasteiger partial charge < -0.3 is 19.3 Å². The number of aromatic nitrogens is 1. The van der Waals surface area contributed by atoms with E-state index >= 15 is 0 Å². The van der Waals surface area contributed by atoms with Crippen molar-refractivity contribution >= 4 is 22.7 Å². The van der Waals surface area contributed by atoms with E-state index in [4.69, 9.17) is 4.42 Å². The zero-order valence-corrected chi connectivity index (χ0v) is 16.2. The van der Waals surface area contributed by atoms with Crippen molar-refractivity contribution in [1.29, 1.82) is 0 Å². The van der Waals surface area contributed by atoms with Crippen LogP contribution in [0.5, 0.6) is 0 Å². The first-order valence-electron chi connectivity index (χ1n) is 9.29. The third-order valence-electron chi connectivity index (χ3n) is 5.01. The number of nitrogens with zero attached hydrogens (tertiary/aromatic N) is 3. The number of aliphatic hydroxyl groups is 1. The third kappa shape index (κ3) is 3.40. The maximum atomic E-state index is 13.3. The van der Waals surface area contributed by atoms with Crippen molar-refractivity contribution < 1.29 is 19.1 Å². The lowest BCUT2D eigenvalue weighted by Crippen LogP contribution is -2.36. The number of hydrogen-bond acceptors (Lipinski definition) is 6. The first-order valence-corrected chi connectivity index (χ1v) is 9.29. The smallest absolute Gasteiger partial charge is 0.290 e. The summed E-state index contributed by atoms with van der Waals surface area (Å²) in [7, 11) is 3.80. The van der Waals surface area contributed by atoms with Crippen LogP contribution in [0.25, 0.3) is 11.0 Å². The average molecular weight is 391 g/mol. The first-order chi connectivity index (χ1) is 14.0. The van der Waals surface area contributed by atoms with E-state index in [1.54, 1.807) is 36.7 Å². The first kappa shape index (κ1) is 18.9. The number of Topliss-reactive ketones (excluding diaryl/α,β-unsaturated/α-hetero) is 1. The molecule has 0 fully saturated rings. The second-order valence-corrected chi connectivity index (χ2v) is 7.22. The number of carbonyl (C=O) groups is 2. The summed E-state index contributed by atoms with van der Waals surface area (Å²) < 4.78 is 5.70. The van der Waals surface area contributed by atoms with E-state index in [0.29, 0.717) is 24.2 Å². The van der Waals surface area contributed by atoms with Crippen LogP contribution in [-0.4, -0.2) is 58.8 Å². The van der Waals surface area contributed by atoms with Crippen LogP contribution in [0, 0.1) is 0 Å². The number of hydrogen-bond donors (Lipinski definition) is 1. The number of rotatable bonds is 6. The molecule has 0 saturated heterocycles. The lowest BCUT2D eigenvalue weighted by molar-refractivity contribution is -0.129. The summed E-state index contributed by atoms with van der Waals surface area (Å²) >= 11 is 0. The number of aliphatic hydroxyl groups excluding tert-OH is 1. The Labute approximate surface area is 167 Å². The number of para-hydroxylation sites is 1. The molecular formula is C22H21N3O4. The molecule has 3 heterocycles. The number of fused-ring (bicyclic) bond motifs is 1. The Balaban J connectivity index is 1.78. The monoisotopic (exact) mass is 391 g/mol. The highest BCUT2D eigenvalue weighted by molar-refractivity contribution is 6.16. The van der Waals surface area contributed by atoms with Crippen LogP contribution in [0.3, 0.4) is 0 Å². The SMILES string of the molecule is CN(C)CCN1C(=O)C(O)=C(C(=O)c2cc3ccccc3o2)[C@@H]1c1ccncc1. The highest BCUT2D eigenvalue weighted by atomic mass is 16.3. The van der Waals surface area contributed by atoms with Gasteiger partial charge in [0.05, 0.1) is 11.6 Å². The van der Waals surface area contributed by atoms with Gasteiger partial charge in [-0.15, -0.1) is 0 Å². The molecule has 1 aromatic carbocycles. The lowest BCUT2D eigenvalue weighted by atomic mass is 9.95. The number of likely N-dealkylation sites (N-methyl/N-ethyl adjacent to an activating group) is 1. The van der Waals surface area contributed by atoms with Gasteiger partial charge in [-0.1, -0.05) is 18.2 Å². The number of carbonyl (C=O) groups excluding carboxylic acids is 2. The molecule has 0 unspecified atom stereocenters. The molecular weight excluding hydrogens is 370 g/mol. The molecule has 148 valence electrons. The van der Waals surface area contributed by atoms with Gasteiger partial charge in [0.15, 0.2) is 11.5 Å². The molecule has 1 atom stereocenters. The van der Waals surface area contributed by atoms with Gasteiger partial charge in [-0.25, -0.2) is 0 Å². The minimum Gasteiger partial charge on any atom is -0.503 e. The second kappa shape index (κ2) is 7.52. The molecule has 4 rings (SSSR count). The Morgan fingerprint density at radius 1 is 1.21 bits per heavy atom. The normalized spacial score (nSPS) is 17.0. The zero-order chi connectivity index (χ0) is 20.5. The van der Waals surface area contributed by atoms with Crippen LogP contribution >= 0.6 is 0 Å². The van der Waals surface area contributed by atoms with Crippen LogP contribution in [0.1, 0.15) is 22.2 Å². The summed E-state index contributed by atoms with van der Waals surface area (Å²) in [5.74, 6) is -1.50. The molecule has 0 radical (unpaired) electrons. The van der Waals surface area contributed by atoms with Gasteiger partial charge in [-0.05, 0) is 43.9 Å². The molecule has 1 amide bonds. The number of furan rings is 1. The fourth-order valence-electron chi connectivity index (χ4n) is 3.54. The fourth-order valence-corrected chi connectivity index (χ4v) is 3.54. The Kier molecular flexibility index (Phi) is 4.90. The van der Waals surface area contributed by atoms with Gasteiger partial charge in [0.2, 0.25) is 5.78 Å². The Bertz CT molecular complexity index is 1070. The molecule has 29 heavy (non-hydrogen) atoms. The van der Waals surface area contributed by atoms with Crippen LogP contribution < -0.4 is 0 Å². The predicted molar refractivity (Wildman–Crippen MR) is 107 cm³/mol. The minimum atomic E-state index is -0.703. The summed E-state index contributed by atoms with van der Waals surface area (Å²) in [6.45, 7) is 0.951. The molecule has 7 heteroatoms. The van der Waals surface area contributed by atoms with Crippen LogP contribution in [0.2, 0.25) is 0 Å². The third-order valence-corrected chi connectivity index (χ3v) is 5.01. The number of pyridine rings is 1. The Morgan fingerprint density at radius 2 is 1.93 bits per heavy atom. The summed E-state index contributed by atoms with van der Waals surface area (Å²) in [5.41, 5.74) is 1.31. The standard InChI is InChI=1S/C22H21N3O4/c1-24(2)11-12-25-19(14-7-9-23-10-8-14)18(21(27)22(25)28)20(26)17-13-15-5-3-4-6-16(15)29-17/h3-10,13,19,27H,11-12H2,1-2H3/t19-/m0/s1. The molecule has 7 nitrogen and oxygen atoms in total. The van der Waals surface area contributed by atoms with E-state index in [2.05, 4.69) is 4.98 Å². The van der Waals surface area contributed by atoms with Gasteiger partial charge >= 0.3 is 0 Å². The summed E-state index contributed by atoms with van der Waals surface area (Å²) in [5, 5.41) is 11.4. The van der Waals surface area contributed by atoms with Gasteiger partial charge in [0, 0.05) is 30.9 Å². The molecule has 1 aliphatic heterocycles. The molecule has 0 spiro atoms. The molecule has 1 N–H and O–H groups in total. The molecule has 0 saturated carbocycles. The zero-order valence-electron chi connectivity index (χ0n) is 16.2. The minimum absolute atomic E-state index is 0.0269. The van der Waals surface area contributed by atoms with E-state index in [1.165, 1.54) is 4.90 Å². The predicted octanol–water partition coefficient (Wildman–Crippen LogP) is 2.97. The van der Waals surface area contributed by atoms with Crippen molar-refractivity contribution in [3.05, 3.63) is 77.5 Å².